The van der Waals surface area contributed by atoms with Gasteiger partial charge < -0.3 is 14.4 Å². The highest BCUT2D eigenvalue weighted by atomic mass is 16.5. The number of benzene rings is 1. The predicted octanol–water partition coefficient (Wildman–Crippen LogP) is 1.71. The highest BCUT2D eigenvalue weighted by Crippen LogP contribution is 2.18. The zero-order valence-electron chi connectivity index (χ0n) is 13.0. The summed E-state index contributed by atoms with van der Waals surface area (Å²) in [5.74, 6) is 1.03. The summed E-state index contributed by atoms with van der Waals surface area (Å²) < 4.78 is 10.7. The molecule has 6 nitrogen and oxygen atoms in total. The van der Waals surface area contributed by atoms with Crippen molar-refractivity contribution in [2.24, 2.45) is 0 Å². The Balaban J connectivity index is 1.52. The van der Waals surface area contributed by atoms with Gasteiger partial charge in [0.25, 0.3) is 0 Å². The average molecular weight is 313 g/mol. The molecule has 1 saturated heterocycles. The summed E-state index contributed by atoms with van der Waals surface area (Å²) >= 11 is 0. The summed E-state index contributed by atoms with van der Waals surface area (Å²) in [6.07, 6.45) is 1.18. The Morgan fingerprint density at radius 2 is 1.91 bits per heavy atom. The Bertz CT molecular complexity index is 646. The molecule has 3 rings (SSSR count). The quantitative estimate of drug-likeness (QED) is 0.841. The molecule has 0 N–H and O–H groups in total. The first-order valence-electron chi connectivity index (χ1n) is 7.60. The molecule has 1 amide bonds. The van der Waals surface area contributed by atoms with E-state index in [1.165, 1.54) is 7.11 Å². The number of methoxy groups -OCH3 is 1. The molecule has 0 spiro atoms. The summed E-state index contributed by atoms with van der Waals surface area (Å²) in [5.41, 5.74) is 1.03. The van der Waals surface area contributed by atoms with Crippen molar-refractivity contribution in [1.82, 2.24) is 15.1 Å². The maximum atomic E-state index is 12.3. The number of ether oxygens (including phenoxy) is 2. The van der Waals surface area contributed by atoms with E-state index < -0.39 is 0 Å². The summed E-state index contributed by atoms with van der Waals surface area (Å²) in [4.78, 5) is 14.2. The topological polar surface area (TPSA) is 64.6 Å². The van der Waals surface area contributed by atoms with E-state index in [4.69, 9.17) is 9.47 Å². The lowest BCUT2D eigenvalue weighted by Crippen LogP contribution is -2.32. The van der Waals surface area contributed by atoms with Gasteiger partial charge in [-0.15, -0.1) is 10.2 Å². The molecule has 0 aliphatic carbocycles. The summed E-state index contributed by atoms with van der Waals surface area (Å²) in [6, 6.07) is 13.2. The molecule has 0 radical (unpaired) electrons. The molecule has 0 bridgehead atoms. The number of hydrogen-bond acceptors (Lipinski definition) is 5. The van der Waals surface area contributed by atoms with Crippen LogP contribution in [0, 0.1) is 0 Å². The third kappa shape index (κ3) is 3.97. The van der Waals surface area contributed by atoms with Crippen molar-refractivity contribution in [3.05, 3.63) is 48.0 Å². The second-order valence-corrected chi connectivity index (χ2v) is 5.44. The first-order valence-corrected chi connectivity index (χ1v) is 7.60. The maximum Gasteiger partial charge on any atom is 0.233 e. The van der Waals surface area contributed by atoms with Crippen molar-refractivity contribution < 1.29 is 14.3 Å². The van der Waals surface area contributed by atoms with Crippen molar-refractivity contribution in [1.29, 1.82) is 0 Å². The number of aromatic nitrogens is 2. The largest absolute Gasteiger partial charge is 0.480 e. The van der Waals surface area contributed by atoms with Crippen molar-refractivity contribution in [3.63, 3.8) is 0 Å². The number of hydrogen-bond donors (Lipinski definition) is 0. The Labute approximate surface area is 135 Å². The van der Waals surface area contributed by atoms with E-state index >= 15 is 0 Å². The molecule has 2 aromatic rings. The van der Waals surface area contributed by atoms with Gasteiger partial charge in [0.1, 0.15) is 6.10 Å². The molecule has 1 unspecified atom stereocenters. The molecule has 6 heteroatoms. The van der Waals surface area contributed by atoms with E-state index in [-0.39, 0.29) is 12.0 Å². The van der Waals surface area contributed by atoms with Gasteiger partial charge in [-0.1, -0.05) is 30.3 Å². The van der Waals surface area contributed by atoms with Gasteiger partial charge in [-0.2, -0.15) is 0 Å². The number of carbonyl (C=O) groups excluding carboxylic acids is 1. The van der Waals surface area contributed by atoms with Crippen LogP contribution in [0.5, 0.6) is 11.8 Å². The normalized spacial score (nSPS) is 17.1. The zero-order valence-corrected chi connectivity index (χ0v) is 13.0. The van der Waals surface area contributed by atoms with Crippen LogP contribution in [0.3, 0.4) is 0 Å². The third-order valence-electron chi connectivity index (χ3n) is 3.81. The Hall–Kier alpha value is -2.63. The van der Waals surface area contributed by atoms with Crippen LogP contribution in [-0.2, 0) is 11.2 Å². The molecular formula is C17H19N3O3. The molecule has 2 heterocycles. The maximum absolute atomic E-state index is 12.3. The molecule has 1 atom stereocenters. The van der Waals surface area contributed by atoms with Crippen LogP contribution in [-0.4, -0.2) is 47.3 Å². The minimum absolute atomic E-state index is 0.0441. The van der Waals surface area contributed by atoms with E-state index in [1.807, 2.05) is 35.2 Å². The molecule has 1 aromatic heterocycles. The van der Waals surface area contributed by atoms with Gasteiger partial charge in [0.05, 0.1) is 20.1 Å². The highest BCUT2D eigenvalue weighted by Gasteiger charge is 2.27. The van der Waals surface area contributed by atoms with Gasteiger partial charge >= 0.3 is 0 Å². The Morgan fingerprint density at radius 3 is 2.61 bits per heavy atom. The van der Waals surface area contributed by atoms with Crippen molar-refractivity contribution >= 4 is 5.91 Å². The number of amides is 1. The number of rotatable bonds is 5. The molecule has 1 aromatic carbocycles. The molecule has 1 aliphatic rings. The molecule has 1 aliphatic heterocycles. The van der Waals surface area contributed by atoms with Crippen molar-refractivity contribution in [2.75, 3.05) is 20.2 Å². The lowest BCUT2D eigenvalue weighted by molar-refractivity contribution is -0.129. The van der Waals surface area contributed by atoms with Gasteiger partial charge in [0, 0.05) is 25.1 Å². The minimum Gasteiger partial charge on any atom is -0.480 e. The van der Waals surface area contributed by atoms with Crippen LogP contribution in [0.15, 0.2) is 42.5 Å². The van der Waals surface area contributed by atoms with E-state index in [9.17, 15) is 4.79 Å². The van der Waals surface area contributed by atoms with Gasteiger partial charge in [-0.3, -0.25) is 4.79 Å². The van der Waals surface area contributed by atoms with Gasteiger partial charge in [-0.25, -0.2) is 0 Å². The van der Waals surface area contributed by atoms with Gasteiger partial charge in [0.15, 0.2) is 0 Å². The second kappa shape index (κ2) is 7.09. The fourth-order valence-electron chi connectivity index (χ4n) is 2.58. The number of nitrogens with zero attached hydrogens (tertiary/aromatic N) is 3. The monoisotopic (exact) mass is 313 g/mol. The van der Waals surface area contributed by atoms with Crippen molar-refractivity contribution in [3.8, 4) is 11.8 Å². The summed E-state index contributed by atoms with van der Waals surface area (Å²) in [6.45, 7) is 1.29. The van der Waals surface area contributed by atoms with E-state index in [0.717, 1.165) is 12.0 Å². The zero-order chi connectivity index (χ0) is 16.1. The highest BCUT2D eigenvalue weighted by molar-refractivity contribution is 5.79. The van der Waals surface area contributed by atoms with E-state index in [1.54, 1.807) is 12.1 Å². The minimum atomic E-state index is -0.0441. The van der Waals surface area contributed by atoms with E-state index in [0.29, 0.717) is 31.3 Å². The van der Waals surface area contributed by atoms with Crippen LogP contribution in [0.1, 0.15) is 12.0 Å². The SMILES string of the molecule is COc1ccc(OC2CCN(C(=O)Cc3ccccc3)C2)nn1. The molecule has 23 heavy (non-hydrogen) atoms. The standard InChI is InChI=1S/C17H19N3O3/c1-22-15-7-8-16(19-18-15)23-14-9-10-20(12-14)17(21)11-13-5-3-2-4-6-13/h2-8,14H,9-12H2,1H3. The fraction of sp³-hybridized carbons (Fsp3) is 0.353. The third-order valence-corrected chi connectivity index (χ3v) is 3.81. The first-order chi connectivity index (χ1) is 11.2. The van der Waals surface area contributed by atoms with Crippen molar-refractivity contribution in [2.45, 2.75) is 18.9 Å². The Morgan fingerprint density at radius 1 is 1.17 bits per heavy atom. The average Bonchev–Trinajstić information content (AvgIpc) is 3.05. The molecule has 120 valence electrons. The van der Waals surface area contributed by atoms with Crippen LogP contribution in [0.4, 0.5) is 0 Å². The van der Waals surface area contributed by atoms with Gasteiger partial charge in [0.2, 0.25) is 17.7 Å². The van der Waals surface area contributed by atoms with Crippen LogP contribution in [0.2, 0.25) is 0 Å². The number of likely N-dealkylation sites (tertiary alicyclic amines) is 1. The van der Waals surface area contributed by atoms with Crippen LogP contribution in [0.25, 0.3) is 0 Å². The first kappa shape index (κ1) is 15.3. The molecule has 0 saturated carbocycles. The predicted molar refractivity (Wildman–Crippen MR) is 84.3 cm³/mol. The second-order valence-electron chi connectivity index (χ2n) is 5.44. The molecule has 1 fully saturated rings. The lowest BCUT2D eigenvalue weighted by atomic mass is 10.1. The van der Waals surface area contributed by atoms with Crippen LogP contribution < -0.4 is 9.47 Å². The molecular weight excluding hydrogens is 294 g/mol. The fourth-order valence-corrected chi connectivity index (χ4v) is 2.58. The smallest absolute Gasteiger partial charge is 0.233 e. The Kier molecular flexibility index (Phi) is 4.71. The summed E-state index contributed by atoms with van der Waals surface area (Å²) in [7, 11) is 1.54. The summed E-state index contributed by atoms with van der Waals surface area (Å²) in [5, 5.41) is 7.82. The number of carbonyl (C=O) groups is 1. The van der Waals surface area contributed by atoms with E-state index in [2.05, 4.69) is 10.2 Å². The lowest BCUT2D eigenvalue weighted by Gasteiger charge is -2.17. The van der Waals surface area contributed by atoms with Gasteiger partial charge in [-0.05, 0) is 5.56 Å². The van der Waals surface area contributed by atoms with Crippen LogP contribution >= 0.6 is 0 Å².